The van der Waals surface area contributed by atoms with Crippen LogP contribution in [0, 0.1) is 6.92 Å². The topological polar surface area (TPSA) is 50.3 Å². The van der Waals surface area contributed by atoms with Crippen molar-refractivity contribution in [2.24, 2.45) is 0 Å². The highest BCUT2D eigenvalue weighted by Crippen LogP contribution is 2.27. The van der Waals surface area contributed by atoms with Gasteiger partial charge in [-0.2, -0.15) is 4.98 Å². The third kappa shape index (κ3) is 4.67. The minimum atomic E-state index is 0.252. The fourth-order valence-electron chi connectivity index (χ4n) is 3.46. The number of nitrogens with one attached hydrogen (secondary N) is 1. The highest BCUT2D eigenvalue weighted by molar-refractivity contribution is 5.61. The van der Waals surface area contributed by atoms with Crippen LogP contribution >= 0.6 is 0 Å². The number of nitrogens with zero attached hydrogens (tertiary/aromatic N) is 3. The molecule has 5 nitrogen and oxygen atoms in total. The molecule has 1 aliphatic heterocycles. The zero-order valence-corrected chi connectivity index (χ0v) is 16.2. The molecule has 1 N–H and O–H groups in total. The van der Waals surface area contributed by atoms with Crippen molar-refractivity contribution in [3.8, 4) is 0 Å². The second-order valence-electron chi connectivity index (χ2n) is 7.11. The van der Waals surface area contributed by atoms with E-state index < -0.39 is 0 Å². The normalized spacial score (nSPS) is 16.1. The molecule has 4 rings (SSSR count). The van der Waals surface area contributed by atoms with Crippen molar-refractivity contribution in [3.63, 3.8) is 0 Å². The zero-order valence-electron chi connectivity index (χ0n) is 16.2. The fourth-order valence-corrected chi connectivity index (χ4v) is 3.46. The lowest BCUT2D eigenvalue weighted by Gasteiger charge is -2.25. The first-order chi connectivity index (χ1) is 13.8. The molecule has 144 valence electrons. The lowest BCUT2D eigenvalue weighted by Crippen LogP contribution is -2.22. The van der Waals surface area contributed by atoms with Crippen molar-refractivity contribution in [1.29, 1.82) is 0 Å². The molecule has 0 amide bonds. The number of para-hydroxylation sites is 1. The van der Waals surface area contributed by atoms with Crippen LogP contribution in [0.4, 0.5) is 17.5 Å². The molecule has 5 heteroatoms. The summed E-state index contributed by atoms with van der Waals surface area (Å²) in [6.07, 6.45) is 2.48. The number of hydrogen-bond donors (Lipinski definition) is 1. The Balaban J connectivity index is 1.61. The van der Waals surface area contributed by atoms with Gasteiger partial charge in [-0.3, -0.25) is 0 Å². The fraction of sp³-hybridized carbons (Fsp3) is 0.304. The van der Waals surface area contributed by atoms with Crippen molar-refractivity contribution in [2.75, 3.05) is 23.4 Å². The second kappa shape index (κ2) is 8.85. The van der Waals surface area contributed by atoms with E-state index in [1.807, 2.05) is 25.1 Å². The smallest absolute Gasteiger partial charge is 0.224 e. The second-order valence-corrected chi connectivity index (χ2v) is 7.11. The molecule has 1 aromatic heterocycles. The Bertz CT molecular complexity index is 880. The van der Waals surface area contributed by atoms with Crippen molar-refractivity contribution < 1.29 is 4.74 Å². The van der Waals surface area contributed by atoms with Gasteiger partial charge < -0.3 is 15.0 Å². The maximum absolute atomic E-state index is 5.70. The minimum Gasteiger partial charge on any atom is -0.376 e. The average molecular weight is 374 g/mol. The van der Waals surface area contributed by atoms with Crippen LogP contribution in [0.5, 0.6) is 0 Å². The Morgan fingerprint density at radius 2 is 1.79 bits per heavy atom. The highest BCUT2D eigenvalue weighted by atomic mass is 16.5. The molecule has 0 bridgehead atoms. The molecule has 2 heterocycles. The Labute approximate surface area is 166 Å². The lowest BCUT2D eigenvalue weighted by atomic mass is 10.2. The van der Waals surface area contributed by atoms with Gasteiger partial charge in [0.1, 0.15) is 5.82 Å². The van der Waals surface area contributed by atoms with Gasteiger partial charge >= 0.3 is 0 Å². The van der Waals surface area contributed by atoms with Crippen LogP contribution in [0.1, 0.15) is 24.1 Å². The molecule has 1 fully saturated rings. The summed E-state index contributed by atoms with van der Waals surface area (Å²) in [5, 5.41) is 3.36. The number of ether oxygens (including phenoxy) is 1. The number of aryl methyl sites for hydroxylation is 1. The average Bonchev–Trinajstić information content (AvgIpc) is 3.25. The molecule has 2 aromatic carbocycles. The predicted molar refractivity (Wildman–Crippen MR) is 113 cm³/mol. The summed E-state index contributed by atoms with van der Waals surface area (Å²) >= 11 is 0. The van der Waals surface area contributed by atoms with Crippen molar-refractivity contribution in [2.45, 2.75) is 32.4 Å². The summed E-state index contributed by atoms with van der Waals surface area (Å²) in [5.41, 5.74) is 3.28. The van der Waals surface area contributed by atoms with E-state index in [-0.39, 0.29) is 6.10 Å². The van der Waals surface area contributed by atoms with E-state index in [1.54, 1.807) is 0 Å². The first kappa shape index (κ1) is 18.4. The van der Waals surface area contributed by atoms with Gasteiger partial charge in [0.05, 0.1) is 6.10 Å². The molecule has 1 atom stereocenters. The molecule has 0 radical (unpaired) electrons. The van der Waals surface area contributed by atoms with Gasteiger partial charge in [-0.05, 0) is 37.5 Å². The number of aromatic nitrogens is 2. The van der Waals surface area contributed by atoms with E-state index >= 15 is 0 Å². The van der Waals surface area contributed by atoms with E-state index in [1.165, 1.54) is 5.56 Å². The molecule has 28 heavy (non-hydrogen) atoms. The molecule has 3 aromatic rings. The van der Waals surface area contributed by atoms with E-state index in [9.17, 15) is 0 Å². The summed E-state index contributed by atoms with van der Waals surface area (Å²) in [7, 11) is 0. The number of rotatable bonds is 7. The van der Waals surface area contributed by atoms with Gasteiger partial charge in [-0.1, -0.05) is 48.5 Å². The Kier molecular flexibility index (Phi) is 5.83. The molecule has 0 saturated carbocycles. The molecule has 0 spiro atoms. The summed E-state index contributed by atoms with van der Waals surface area (Å²) in [4.78, 5) is 11.6. The van der Waals surface area contributed by atoms with Crippen LogP contribution in [0.25, 0.3) is 0 Å². The van der Waals surface area contributed by atoms with Gasteiger partial charge in [-0.15, -0.1) is 0 Å². The van der Waals surface area contributed by atoms with Crippen LogP contribution in [0.3, 0.4) is 0 Å². The number of anilines is 3. The molecule has 1 saturated heterocycles. The summed E-state index contributed by atoms with van der Waals surface area (Å²) in [6, 6.07) is 22.9. The predicted octanol–water partition coefficient (Wildman–Crippen LogP) is 4.71. The van der Waals surface area contributed by atoms with E-state index in [2.05, 4.69) is 63.7 Å². The summed E-state index contributed by atoms with van der Waals surface area (Å²) < 4.78 is 5.70. The van der Waals surface area contributed by atoms with Crippen molar-refractivity contribution >= 4 is 17.5 Å². The summed E-state index contributed by atoms with van der Waals surface area (Å²) in [6.45, 7) is 4.35. The van der Waals surface area contributed by atoms with Crippen LogP contribution < -0.4 is 10.2 Å². The zero-order chi connectivity index (χ0) is 19.2. The van der Waals surface area contributed by atoms with Crippen molar-refractivity contribution in [3.05, 3.63) is 78.0 Å². The standard InChI is InChI=1S/C23H26N4O/c1-18-15-22(26-23(25-18)24-16-21-13-8-14-28-21)27(20-11-6-3-7-12-20)17-19-9-4-2-5-10-19/h2-7,9-12,15,21H,8,13-14,16-17H2,1H3,(H,24,25,26). The van der Waals surface area contributed by atoms with Crippen LogP contribution in [-0.4, -0.2) is 29.2 Å². The minimum absolute atomic E-state index is 0.252. The summed E-state index contributed by atoms with van der Waals surface area (Å²) in [5.74, 6) is 1.54. The lowest BCUT2D eigenvalue weighted by molar-refractivity contribution is 0.120. The van der Waals surface area contributed by atoms with Crippen LogP contribution in [0.2, 0.25) is 0 Å². The SMILES string of the molecule is Cc1cc(N(Cc2ccccc2)c2ccccc2)nc(NCC2CCCO2)n1. The van der Waals surface area contributed by atoms with Gasteiger partial charge in [0.15, 0.2) is 0 Å². The Morgan fingerprint density at radius 3 is 2.50 bits per heavy atom. The molecule has 0 aliphatic carbocycles. The third-order valence-corrected chi connectivity index (χ3v) is 4.88. The van der Waals surface area contributed by atoms with Gasteiger partial charge in [0.2, 0.25) is 5.95 Å². The maximum Gasteiger partial charge on any atom is 0.224 e. The number of hydrogen-bond acceptors (Lipinski definition) is 5. The van der Waals surface area contributed by atoms with Gasteiger partial charge in [-0.25, -0.2) is 4.98 Å². The third-order valence-electron chi connectivity index (χ3n) is 4.88. The van der Waals surface area contributed by atoms with E-state index in [0.717, 1.165) is 49.7 Å². The van der Waals surface area contributed by atoms with Crippen molar-refractivity contribution in [1.82, 2.24) is 9.97 Å². The first-order valence-corrected chi connectivity index (χ1v) is 9.85. The maximum atomic E-state index is 5.70. The molecule has 1 aliphatic rings. The molecule has 1 unspecified atom stereocenters. The van der Waals surface area contributed by atoms with Gasteiger partial charge in [0, 0.05) is 37.1 Å². The largest absolute Gasteiger partial charge is 0.376 e. The highest BCUT2D eigenvalue weighted by Gasteiger charge is 2.17. The molecular weight excluding hydrogens is 348 g/mol. The monoisotopic (exact) mass is 374 g/mol. The Morgan fingerprint density at radius 1 is 1.04 bits per heavy atom. The van der Waals surface area contributed by atoms with Gasteiger partial charge in [0.25, 0.3) is 0 Å². The van der Waals surface area contributed by atoms with E-state index in [4.69, 9.17) is 9.72 Å². The van der Waals surface area contributed by atoms with Crippen LogP contribution in [-0.2, 0) is 11.3 Å². The quantitative estimate of drug-likeness (QED) is 0.649. The molecular formula is C23H26N4O. The Hall–Kier alpha value is -2.92. The van der Waals surface area contributed by atoms with Crippen LogP contribution in [0.15, 0.2) is 66.7 Å². The van der Waals surface area contributed by atoms with E-state index in [0.29, 0.717) is 5.95 Å². The number of benzene rings is 2. The first-order valence-electron chi connectivity index (χ1n) is 9.85.